The van der Waals surface area contributed by atoms with E-state index in [1.807, 2.05) is 12.1 Å². The molecule has 110 valence electrons. The maximum Gasteiger partial charge on any atom is 0.292 e. The molecule has 1 heterocycles. The molecule has 0 bridgehead atoms. The van der Waals surface area contributed by atoms with E-state index >= 15 is 0 Å². The Bertz CT molecular complexity index is 479. The Kier molecular flexibility index (Phi) is 4.92. The third kappa shape index (κ3) is 3.46. The van der Waals surface area contributed by atoms with Gasteiger partial charge in [-0.15, -0.1) is 0 Å². The fourth-order valence-electron chi connectivity index (χ4n) is 2.65. The number of methoxy groups -OCH3 is 1. The van der Waals surface area contributed by atoms with Crippen LogP contribution in [0, 0.1) is 10.1 Å². The summed E-state index contributed by atoms with van der Waals surface area (Å²) in [6, 6.07) is 5.25. The van der Waals surface area contributed by atoms with E-state index in [2.05, 4.69) is 10.2 Å². The Morgan fingerprint density at radius 2 is 2.35 bits per heavy atom. The molecule has 6 nitrogen and oxygen atoms in total. The van der Waals surface area contributed by atoms with Crippen LogP contribution in [-0.4, -0.2) is 43.2 Å². The van der Waals surface area contributed by atoms with E-state index < -0.39 is 0 Å². The van der Waals surface area contributed by atoms with Gasteiger partial charge in [0.25, 0.3) is 5.69 Å². The van der Waals surface area contributed by atoms with Gasteiger partial charge in [-0.3, -0.25) is 15.0 Å². The minimum Gasteiger partial charge on any atom is -0.383 e. The molecule has 0 saturated carbocycles. The second kappa shape index (κ2) is 6.67. The van der Waals surface area contributed by atoms with Crippen LogP contribution in [0.15, 0.2) is 18.2 Å². The fourth-order valence-corrected chi connectivity index (χ4v) is 2.65. The van der Waals surface area contributed by atoms with E-state index in [4.69, 9.17) is 4.74 Å². The number of rotatable bonds is 5. The largest absolute Gasteiger partial charge is 0.383 e. The van der Waals surface area contributed by atoms with Gasteiger partial charge in [0.05, 0.1) is 11.0 Å². The van der Waals surface area contributed by atoms with Crippen LogP contribution in [0.25, 0.3) is 0 Å². The highest BCUT2D eigenvalue weighted by Gasteiger charge is 2.20. The van der Waals surface area contributed by atoms with Gasteiger partial charge >= 0.3 is 0 Å². The summed E-state index contributed by atoms with van der Waals surface area (Å²) in [6.45, 7) is 2.76. The van der Waals surface area contributed by atoms with Crippen LogP contribution < -0.4 is 5.32 Å². The zero-order chi connectivity index (χ0) is 14.5. The summed E-state index contributed by atoms with van der Waals surface area (Å²) in [5.41, 5.74) is 1.76. The minimum absolute atomic E-state index is 0.115. The van der Waals surface area contributed by atoms with Crippen molar-refractivity contribution in [3.63, 3.8) is 0 Å². The monoisotopic (exact) mass is 279 g/mol. The molecule has 1 aliphatic heterocycles. The second-order valence-corrected chi connectivity index (χ2v) is 5.09. The van der Waals surface area contributed by atoms with E-state index in [0.717, 1.165) is 38.0 Å². The maximum atomic E-state index is 10.9. The summed E-state index contributed by atoms with van der Waals surface area (Å²) in [6.07, 6.45) is 2.53. The van der Waals surface area contributed by atoms with E-state index in [0.29, 0.717) is 11.8 Å². The van der Waals surface area contributed by atoms with Crippen molar-refractivity contribution in [3.05, 3.63) is 33.9 Å². The van der Waals surface area contributed by atoms with Crippen LogP contribution in [0.2, 0.25) is 0 Å². The minimum atomic E-state index is -0.364. The fraction of sp³-hybridized carbons (Fsp3) is 0.571. The average Bonchev–Trinajstić information content (AvgIpc) is 2.47. The third-order valence-electron chi connectivity index (χ3n) is 3.73. The standard InChI is InChI=1S/C14H21N3O3/c1-15-13-8-11(5-6-14(13)17(18)19)9-16-7-3-4-12(10-16)20-2/h5-6,8,12,15H,3-4,7,9-10H2,1-2H3. The summed E-state index contributed by atoms with van der Waals surface area (Å²) in [5, 5.41) is 13.8. The summed E-state index contributed by atoms with van der Waals surface area (Å²) >= 11 is 0. The first-order chi connectivity index (χ1) is 9.63. The molecule has 0 aliphatic carbocycles. The van der Waals surface area contributed by atoms with Crippen molar-refractivity contribution in [1.29, 1.82) is 0 Å². The number of nitro groups is 1. The average molecular weight is 279 g/mol. The topological polar surface area (TPSA) is 67.6 Å². The van der Waals surface area contributed by atoms with Crippen molar-refractivity contribution in [3.8, 4) is 0 Å². The molecule has 1 aromatic carbocycles. The predicted octanol–water partition coefficient (Wildman–Crippen LogP) is 2.25. The number of anilines is 1. The van der Waals surface area contributed by atoms with Crippen molar-refractivity contribution in [2.45, 2.75) is 25.5 Å². The van der Waals surface area contributed by atoms with Gasteiger partial charge in [-0.2, -0.15) is 0 Å². The van der Waals surface area contributed by atoms with Gasteiger partial charge in [0.15, 0.2) is 0 Å². The number of hydrogen-bond acceptors (Lipinski definition) is 5. The molecule has 1 atom stereocenters. The number of nitrogens with zero attached hydrogens (tertiary/aromatic N) is 2. The predicted molar refractivity (Wildman–Crippen MR) is 78.0 cm³/mol. The smallest absolute Gasteiger partial charge is 0.292 e. The number of hydrogen-bond donors (Lipinski definition) is 1. The Morgan fingerprint density at radius 1 is 1.55 bits per heavy atom. The van der Waals surface area contributed by atoms with Gasteiger partial charge in [-0.05, 0) is 31.0 Å². The molecule has 0 amide bonds. The summed E-state index contributed by atoms with van der Waals surface area (Å²) < 4.78 is 5.41. The highest BCUT2D eigenvalue weighted by molar-refractivity contribution is 5.62. The molecular weight excluding hydrogens is 258 g/mol. The first-order valence-corrected chi connectivity index (χ1v) is 6.84. The SMILES string of the molecule is CNc1cc(CN2CCCC(OC)C2)ccc1[N+](=O)[O-]. The molecule has 20 heavy (non-hydrogen) atoms. The summed E-state index contributed by atoms with van der Waals surface area (Å²) in [7, 11) is 3.45. The number of nitrogens with one attached hydrogen (secondary N) is 1. The molecule has 1 fully saturated rings. The van der Waals surface area contributed by atoms with Crippen molar-refractivity contribution < 1.29 is 9.66 Å². The van der Waals surface area contributed by atoms with Gasteiger partial charge in [0, 0.05) is 33.3 Å². The van der Waals surface area contributed by atoms with Crippen LogP contribution in [-0.2, 0) is 11.3 Å². The number of ether oxygens (including phenoxy) is 1. The van der Waals surface area contributed by atoms with Gasteiger partial charge in [0.1, 0.15) is 5.69 Å². The molecule has 6 heteroatoms. The van der Waals surface area contributed by atoms with Crippen LogP contribution >= 0.6 is 0 Å². The molecule has 1 N–H and O–H groups in total. The van der Waals surface area contributed by atoms with Crippen molar-refractivity contribution >= 4 is 11.4 Å². The van der Waals surface area contributed by atoms with Crippen molar-refractivity contribution in [2.75, 3.05) is 32.6 Å². The van der Waals surface area contributed by atoms with E-state index in [-0.39, 0.29) is 10.6 Å². The molecular formula is C14H21N3O3. The lowest BCUT2D eigenvalue weighted by Crippen LogP contribution is -2.38. The Hall–Kier alpha value is -1.66. The number of nitro benzene ring substituents is 1. The number of piperidine rings is 1. The van der Waals surface area contributed by atoms with Crippen LogP contribution in [0.3, 0.4) is 0 Å². The van der Waals surface area contributed by atoms with Gasteiger partial charge < -0.3 is 10.1 Å². The zero-order valence-corrected chi connectivity index (χ0v) is 12.0. The van der Waals surface area contributed by atoms with E-state index in [9.17, 15) is 10.1 Å². The normalized spacial score (nSPS) is 19.8. The van der Waals surface area contributed by atoms with Gasteiger partial charge in [0.2, 0.25) is 0 Å². The van der Waals surface area contributed by atoms with Crippen LogP contribution in [0.5, 0.6) is 0 Å². The zero-order valence-electron chi connectivity index (χ0n) is 12.0. The molecule has 2 rings (SSSR count). The van der Waals surface area contributed by atoms with E-state index in [1.54, 1.807) is 20.2 Å². The van der Waals surface area contributed by atoms with E-state index in [1.165, 1.54) is 0 Å². The Labute approximate surface area is 118 Å². The second-order valence-electron chi connectivity index (χ2n) is 5.09. The Morgan fingerprint density at radius 3 is 3.00 bits per heavy atom. The Balaban J connectivity index is 2.07. The number of likely N-dealkylation sites (tertiary alicyclic amines) is 1. The molecule has 0 radical (unpaired) electrons. The molecule has 0 spiro atoms. The van der Waals surface area contributed by atoms with Crippen molar-refractivity contribution in [1.82, 2.24) is 4.90 Å². The first-order valence-electron chi connectivity index (χ1n) is 6.84. The van der Waals surface area contributed by atoms with Gasteiger partial charge in [-0.25, -0.2) is 0 Å². The molecule has 1 saturated heterocycles. The lowest BCUT2D eigenvalue weighted by atomic mass is 10.1. The molecule has 0 aromatic heterocycles. The summed E-state index contributed by atoms with van der Waals surface area (Å²) in [5.74, 6) is 0. The highest BCUT2D eigenvalue weighted by atomic mass is 16.6. The van der Waals surface area contributed by atoms with Crippen LogP contribution in [0.4, 0.5) is 11.4 Å². The number of benzene rings is 1. The summed E-state index contributed by atoms with van der Waals surface area (Å²) in [4.78, 5) is 12.9. The lowest BCUT2D eigenvalue weighted by Gasteiger charge is -2.31. The first kappa shape index (κ1) is 14.7. The molecule has 1 aromatic rings. The van der Waals surface area contributed by atoms with Crippen LogP contribution in [0.1, 0.15) is 18.4 Å². The maximum absolute atomic E-state index is 10.9. The van der Waals surface area contributed by atoms with Crippen molar-refractivity contribution in [2.24, 2.45) is 0 Å². The van der Waals surface area contributed by atoms with Gasteiger partial charge in [-0.1, -0.05) is 6.07 Å². The molecule has 1 unspecified atom stereocenters. The highest BCUT2D eigenvalue weighted by Crippen LogP contribution is 2.26. The third-order valence-corrected chi connectivity index (χ3v) is 3.73. The quantitative estimate of drug-likeness (QED) is 0.661. The molecule has 1 aliphatic rings. The lowest BCUT2D eigenvalue weighted by molar-refractivity contribution is -0.384.